The summed E-state index contributed by atoms with van der Waals surface area (Å²) in [5, 5.41) is 0. The largest absolute Gasteiger partial charge is 0.381 e. The minimum Gasteiger partial charge on any atom is -0.381 e. The Morgan fingerprint density at radius 3 is 2.67 bits per heavy atom. The van der Waals surface area contributed by atoms with Crippen LogP contribution in [0.4, 0.5) is 0 Å². The standard InChI is InChI=1S/C15H21NO4S/c16-7-4-15(17)13-2-1-3-14(10-13)21(18,19)11-12-5-8-20-9-6-12/h1-3,10,12H,4-9,11,16H2. The molecule has 2 N–H and O–H groups in total. The lowest BCUT2D eigenvalue weighted by atomic mass is 10.0. The monoisotopic (exact) mass is 311 g/mol. The Hall–Kier alpha value is -1.24. The molecule has 1 saturated heterocycles. The number of hydrogen-bond acceptors (Lipinski definition) is 5. The van der Waals surface area contributed by atoms with Crippen LogP contribution in [0.15, 0.2) is 29.2 Å². The van der Waals surface area contributed by atoms with E-state index in [1.54, 1.807) is 18.2 Å². The summed E-state index contributed by atoms with van der Waals surface area (Å²) < 4.78 is 30.2. The summed E-state index contributed by atoms with van der Waals surface area (Å²) in [6.45, 7) is 1.50. The number of carbonyl (C=O) groups is 1. The highest BCUT2D eigenvalue weighted by atomic mass is 32.2. The summed E-state index contributed by atoms with van der Waals surface area (Å²) in [5.74, 6) is 0.123. The average Bonchev–Trinajstić information content (AvgIpc) is 2.48. The van der Waals surface area contributed by atoms with E-state index in [0.29, 0.717) is 18.8 Å². The molecule has 0 saturated carbocycles. The first-order chi connectivity index (χ1) is 10.0. The molecule has 0 spiro atoms. The Morgan fingerprint density at radius 2 is 2.00 bits per heavy atom. The van der Waals surface area contributed by atoms with Crippen molar-refractivity contribution in [2.24, 2.45) is 11.7 Å². The van der Waals surface area contributed by atoms with Crippen molar-refractivity contribution in [1.29, 1.82) is 0 Å². The lowest BCUT2D eigenvalue weighted by molar-refractivity contribution is 0.0723. The normalized spacial score (nSPS) is 16.8. The molecule has 0 radical (unpaired) electrons. The van der Waals surface area contributed by atoms with Crippen molar-refractivity contribution in [3.63, 3.8) is 0 Å². The molecule has 0 amide bonds. The van der Waals surface area contributed by atoms with Gasteiger partial charge in [0.15, 0.2) is 15.6 Å². The summed E-state index contributed by atoms with van der Waals surface area (Å²) in [5.41, 5.74) is 5.77. The molecule has 1 aliphatic heterocycles. The van der Waals surface area contributed by atoms with Gasteiger partial charge in [-0.15, -0.1) is 0 Å². The van der Waals surface area contributed by atoms with Crippen molar-refractivity contribution in [1.82, 2.24) is 0 Å². The lowest BCUT2D eigenvalue weighted by Crippen LogP contribution is -2.23. The van der Waals surface area contributed by atoms with Gasteiger partial charge in [-0.1, -0.05) is 12.1 Å². The second-order valence-electron chi connectivity index (χ2n) is 5.33. The van der Waals surface area contributed by atoms with Crippen LogP contribution in [0.1, 0.15) is 29.6 Å². The fraction of sp³-hybridized carbons (Fsp3) is 0.533. The average molecular weight is 311 g/mol. The molecule has 0 atom stereocenters. The highest BCUT2D eigenvalue weighted by molar-refractivity contribution is 7.91. The number of rotatable bonds is 6. The number of benzene rings is 1. The summed E-state index contributed by atoms with van der Waals surface area (Å²) in [6, 6.07) is 6.26. The highest BCUT2D eigenvalue weighted by Gasteiger charge is 2.23. The maximum absolute atomic E-state index is 12.5. The zero-order valence-corrected chi connectivity index (χ0v) is 12.8. The van der Waals surface area contributed by atoms with Gasteiger partial charge in [0.05, 0.1) is 10.6 Å². The van der Waals surface area contributed by atoms with Gasteiger partial charge in [0.1, 0.15) is 0 Å². The number of hydrogen-bond donors (Lipinski definition) is 1. The van der Waals surface area contributed by atoms with Crippen LogP contribution in [-0.2, 0) is 14.6 Å². The minimum atomic E-state index is -3.37. The Bertz CT molecular complexity index is 591. The van der Waals surface area contributed by atoms with Crippen LogP contribution in [0.3, 0.4) is 0 Å². The van der Waals surface area contributed by atoms with Crippen molar-refractivity contribution in [3.05, 3.63) is 29.8 Å². The third-order valence-electron chi connectivity index (χ3n) is 3.68. The first kappa shape index (κ1) is 16.1. The Morgan fingerprint density at radius 1 is 1.29 bits per heavy atom. The Kier molecular flexibility index (Phi) is 5.50. The molecule has 1 aliphatic rings. The third-order valence-corrected chi connectivity index (χ3v) is 5.56. The van der Waals surface area contributed by atoms with Gasteiger partial charge in [-0.25, -0.2) is 8.42 Å². The fourth-order valence-electron chi connectivity index (χ4n) is 2.46. The molecule has 1 fully saturated rings. The lowest BCUT2D eigenvalue weighted by Gasteiger charge is -2.21. The van der Waals surface area contributed by atoms with Gasteiger partial charge in [0, 0.05) is 25.2 Å². The van der Waals surface area contributed by atoms with Gasteiger partial charge >= 0.3 is 0 Å². The third kappa shape index (κ3) is 4.36. The van der Waals surface area contributed by atoms with Crippen molar-refractivity contribution in [2.45, 2.75) is 24.2 Å². The van der Waals surface area contributed by atoms with Gasteiger partial charge in [-0.3, -0.25) is 4.79 Å². The summed E-state index contributed by atoms with van der Waals surface area (Å²) in [6.07, 6.45) is 1.76. The molecular weight excluding hydrogens is 290 g/mol. The molecule has 0 bridgehead atoms. The number of Topliss-reactive ketones (excluding diaryl/α,β-unsaturated/α-hetero) is 1. The number of sulfone groups is 1. The van der Waals surface area contributed by atoms with E-state index in [4.69, 9.17) is 10.5 Å². The number of carbonyl (C=O) groups excluding carboxylic acids is 1. The molecule has 0 unspecified atom stereocenters. The SMILES string of the molecule is NCCC(=O)c1cccc(S(=O)(=O)CC2CCOCC2)c1. The first-order valence-electron chi connectivity index (χ1n) is 7.17. The number of ether oxygens (including phenoxy) is 1. The maximum atomic E-state index is 12.5. The van der Waals surface area contributed by atoms with E-state index < -0.39 is 9.84 Å². The predicted molar refractivity (Wildman–Crippen MR) is 80.0 cm³/mol. The molecule has 0 aliphatic carbocycles. The number of nitrogens with two attached hydrogens (primary N) is 1. The molecule has 5 nitrogen and oxygen atoms in total. The van der Waals surface area contributed by atoms with Crippen molar-refractivity contribution in [3.8, 4) is 0 Å². The molecule has 6 heteroatoms. The molecule has 0 aromatic heterocycles. The number of ketones is 1. The molecule has 1 aromatic carbocycles. The molecule has 1 aromatic rings. The topological polar surface area (TPSA) is 86.5 Å². The summed E-state index contributed by atoms with van der Waals surface area (Å²) in [4.78, 5) is 12.0. The fourth-order valence-corrected chi connectivity index (χ4v) is 4.20. The van der Waals surface area contributed by atoms with E-state index in [1.807, 2.05) is 0 Å². The van der Waals surface area contributed by atoms with Gasteiger partial charge in [-0.2, -0.15) is 0 Å². The van der Waals surface area contributed by atoms with E-state index in [0.717, 1.165) is 12.8 Å². The van der Waals surface area contributed by atoms with Crippen LogP contribution in [0.2, 0.25) is 0 Å². The van der Waals surface area contributed by atoms with Crippen LogP contribution in [-0.4, -0.2) is 39.7 Å². The second-order valence-corrected chi connectivity index (χ2v) is 7.36. The van der Waals surface area contributed by atoms with E-state index in [9.17, 15) is 13.2 Å². The highest BCUT2D eigenvalue weighted by Crippen LogP contribution is 2.22. The summed E-state index contributed by atoms with van der Waals surface area (Å²) >= 11 is 0. The van der Waals surface area contributed by atoms with Crippen molar-refractivity contribution >= 4 is 15.6 Å². The quantitative estimate of drug-likeness (QED) is 0.803. The maximum Gasteiger partial charge on any atom is 0.178 e. The van der Waals surface area contributed by atoms with E-state index in [1.165, 1.54) is 6.07 Å². The predicted octanol–water partition coefficient (Wildman–Crippen LogP) is 1.42. The Balaban J connectivity index is 2.15. The molecule has 116 valence electrons. The zero-order chi connectivity index (χ0) is 15.3. The van der Waals surface area contributed by atoms with Crippen LogP contribution >= 0.6 is 0 Å². The van der Waals surface area contributed by atoms with E-state index in [2.05, 4.69) is 0 Å². The minimum absolute atomic E-state index is 0.116. The second kappa shape index (κ2) is 7.15. The molecular formula is C15H21NO4S. The van der Waals surface area contributed by atoms with Gasteiger partial charge in [-0.05, 0) is 37.4 Å². The van der Waals surface area contributed by atoms with E-state index in [-0.39, 0.29) is 35.3 Å². The van der Waals surface area contributed by atoms with Gasteiger partial charge < -0.3 is 10.5 Å². The zero-order valence-electron chi connectivity index (χ0n) is 12.0. The summed E-state index contributed by atoms with van der Waals surface area (Å²) in [7, 11) is -3.37. The van der Waals surface area contributed by atoms with Crippen LogP contribution in [0, 0.1) is 5.92 Å². The molecule has 2 rings (SSSR count). The Labute approximate surface area is 125 Å². The van der Waals surface area contributed by atoms with E-state index >= 15 is 0 Å². The molecule has 1 heterocycles. The first-order valence-corrected chi connectivity index (χ1v) is 8.82. The van der Waals surface area contributed by atoms with Crippen molar-refractivity contribution in [2.75, 3.05) is 25.5 Å². The van der Waals surface area contributed by atoms with Crippen molar-refractivity contribution < 1.29 is 17.9 Å². The van der Waals surface area contributed by atoms with Crippen LogP contribution < -0.4 is 5.73 Å². The van der Waals surface area contributed by atoms with Crippen LogP contribution in [0.5, 0.6) is 0 Å². The van der Waals surface area contributed by atoms with Crippen LogP contribution in [0.25, 0.3) is 0 Å². The van der Waals surface area contributed by atoms with Gasteiger partial charge in [0.25, 0.3) is 0 Å². The smallest absolute Gasteiger partial charge is 0.178 e. The molecule has 21 heavy (non-hydrogen) atoms. The van der Waals surface area contributed by atoms with Gasteiger partial charge in [0.2, 0.25) is 0 Å².